The van der Waals surface area contributed by atoms with Crippen LogP contribution in [0.15, 0.2) is 48.8 Å². The smallest absolute Gasteiger partial charge is 0.257 e. The molecule has 1 aliphatic heterocycles. The van der Waals surface area contributed by atoms with Gasteiger partial charge in [0.05, 0.1) is 12.1 Å². The van der Waals surface area contributed by atoms with Gasteiger partial charge in [-0.3, -0.25) is 4.79 Å². The third-order valence-electron chi connectivity index (χ3n) is 4.89. The van der Waals surface area contributed by atoms with Crippen LogP contribution in [0.4, 0.5) is 0 Å². The summed E-state index contributed by atoms with van der Waals surface area (Å²) in [7, 11) is 1.86. The molecule has 4 nitrogen and oxygen atoms in total. The third kappa shape index (κ3) is 3.98. The van der Waals surface area contributed by atoms with Gasteiger partial charge in [0.25, 0.3) is 5.91 Å². The van der Waals surface area contributed by atoms with E-state index in [4.69, 9.17) is 4.74 Å². The number of amides is 1. The summed E-state index contributed by atoms with van der Waals surface area (Å²) in [6.07, 6.45) is 5.00. The Balaban J connectivity index is 1.51. The predicted molar refractivity (Wildman–Crippen MR) is 117 cm³/mol. The Morgan fingerprint density at radius 1 is 1.25 bits per heavy atom. The van der Waals surface area contributed by atoms with Crippen LogP contribution in [-0.4, -0.2) is 41.3 Å². The van der Waals surface area contributed by atoms with Gasteiger partial charge in [0.1, 0.15) is 17.4 Å². The summed E-state index contributed by atoms with van der Waals surface area (Å²) in [5.74, 6) is 3.01. The molecule has 0 N–H and O–H groups in total. The summed E-state index contributed by atoms with van der Waals surface area (Å²) in [6.45, 7) is 3.08. The first kappa shape index (κ1) is 19.2. The van der Waals surface area contributed by atoms with Crippen LogP contribution in [-0.2, 0) is 12.2 Å². The number of carbonyl (C=O) groups is 1. The molecule has 0 fully saturated rings. The fourth-order valence-electron chi connectivity index (χ4n) is 3.39. The van der Waals surface area contributed by atoms with Crippen LogP contribution >= 0.6 is 23.1 Å². The standard InChI is InChI=1S/C22H24N2O2S2/c1-16-6-5-7-17(14-16)26-12-11-23(2)21(25)20-18-8-13-27-15-19(18)28-22(20)24-9-3-4-10-24/h3-7,9-10,14H,8,11-13,15H2,1-2H3. The fourth-order valence-corrected chi connectivity index (χ4v) is 5.83. The van der Waals surface area contributed by atoms with Crippen molar-refractivity contribution in [1.82, 2.24) is 9.47 Å². The van der Waals surface area contributed by atoms with E-state index in [0.717, 1.165) is 34.2 Å². The zero-order valence-electron chi connectivity index (χ0n) is 16.2. The van der Waals surface area contributed by atoms with Gasteiger partial charge in [0.15, 0.2) is 0 Å². The molecular weight excluding hydrogens is 388 g/mol. The number of hydrogen-bond donors (Lipinski definition) is 0. The molecule has 0 unspecified atom stereocenters. The number of rotatable bonds is 6. The van der Waals surface area contributed by atoms with Crippen molar-refractivity contribution in [3.63, 3.8) is 0 Å². The number of ether oxygens (including phenoxy) is 1. The summed E-state index contributed by atoms with van der Waals surface area (Å²) in [4.78, 5) is 16.5. The second-order valence-electron chi connectivity index (χ2n) is 6.97. The van der Waals surface area contributed by atoms with E-state index in [1.54, 1.807) is 16.2 Å². The number of aromatic nitrogens is 1. The molecule has 0 aliphatic carbocycles. The lowest BCUT2D eigenvalue weighted by atomic mass is 10.1. The van der Waals surface area contributed by atoms with Gasteiger partial charge >= 0.3 is 0 Å². The number of thiophene rings is 1. The van der Waals surface area contributed by atoms with Gasteiger partial charge in [0.2, 0.25) is 0 Å². The van der Waals surface area contributed by atoms with Crippen molar-refractivity contribution in [3.05, 3.63) is 70.4 Å². The second-order valence-corrected chi connectivity index (χ2v) is 9.16. The van der Waals surface area contributed by atoms with Gasteiger partial charge in [-0.1, -0.05) is 12.1 Å². The maximum absolute atomic E-state index is 13.3. The van der Waals surface area contributed by atoms with E-state index in [-0.39, 0.29) is 5.91 Å². The summed E-state index contributed by atoms with van der Waals surface area (Å²) in [5.41, 5.74) is 3.28. The average Bonchev–Trinajstić information content (AvgIpc) is 3.35. The van der Waals surface area contributed by atoms with Gasteiger partial charge in [-0.05, 0) is 54.5 Å². The summed E-state index contributed by atoms with van der Waals surface area (Å²) in [6, 6.07) is 12.0. The Morgan fingerprint density at radius 2 is 2.07 bits per heavy atom. The van der Waals surface area contributed by atoms with Crippen molar-refractivity contribution in [2.24, 2.45) is 0 Å². The first-order chi connectivity index (χ1) is 13.6. The molecule has 0 radical (unpaired) electrons. The molecule has 0 saturated heterocycles. The van der Waals surface area contributed by atoms with Crippen molar-refractivity contribution in [2.75, 3.05) is 26.0 Å². The van der Waals surface area contributed by atoms with E-state index in [9.17, 15) is 4.79 Å². The molecule has 6 heteroatoms. The second kappa shape index (κ2) is 8.45. The van der Waals surface area contributed by atoms with Crippen molar-refractivity contribution in [3.8, 4) is 10.8 Å². The Hall–Kier alpha value is -2.18. The highest BCUT2D eigenvalue weighted by molar-refractivity contribution is 7.98. The molecule has 0 saturated carbocycles. The van der Waals surface area contributed by atoms with Crippen molar-refractivity contribution >= 4 is 29.0 Å². The molecule has 2 aromatic heterocycles. The van der Waals surface area contributed by atoms with Crippen LogP contribution in [0.1, 0.15) is 26.4 Å². The molecule has 3 heterocycles. The summed E-state index contributed by atoms with van der Waals surface area (Å²) >= 11 is 3.70. The average molecular weight is 413 g/mol. The van der Waals surface area contributed by atoms with Gasteiger partial charge in [-0.2, -0.15) is 11.8 Å². The van der Waals surface area contributed by atoms with Crippen molar-refractivity contribution in [1.29, 1.82) is 0 Å². The lowest BCUT2D eigenvalue weighted by molar-refractivity contribution is 0.0773. The molecule has 0 bridgehead atoms. The molecule has 1 aliphatic rings. The van der Waals surface area contributed by atoms with E-state index in [1.807, 2.05) is 74.5 Å². The maximum Gasteiger partial charge on any atom is 0.257 e. The lowest BCUT2D eigenvalue weighted by Gasteiger charge is -2.20. The highest BCUT2D eigenvalue weighted by Crippen LogP contribution is 2.38. The molecule has 28 heavy (non-hydrogen) atoms. The fraction of sp³-hybridized carbons (Fsp3) is 0.318. The first-order valence-corrected chi connectivity index (χ1v) is 11.4. The quantitative estimate of drug-likeness (QED) is 0.584. The normalized spacial score (nSPS) is 13.2. The number of nitrogens with zero attached hydrogens (tertiary/aromatic N) is 2. The molecule has 146 valence electrons. The van der Waals surface area contributed by atoms with Gasteiger partial charge in [-0.25, -0.2) is 0 Å². The molecule has 0 atom stereocenters. The van der Waals surface area contributed by atoms with E-state index in [2.05, 4.69) is 4.57 Å². The molecule has 0 spiro atoms. The minimum absolute atomic E-state index is 0.0842. The minimum Gasteiger partial charge on any atom is -0.492 e. The molecule has 4 rings (SSSR count). The number of likely N-dealkylation sites (N-methyl/N-ethyl adjacent to an activating group) is 1. The van der Waals surface area contributed by atoms with E-state index in [1.165, 1.54) is 16.0 Å². The third-order valence-corrected chi connectivity index (χ3v) is 7.30. The number of fused-ring (bicyclic) bond motifs is 1. The molecule has 1 amide bonds. The zero-order valence-corrected chi connectivity index (χ0v) is 17.8. The van der Waals surface area contributed by atoms with E-state index >= 15 is 0 Å². The number of hydrogen-bond acceptors (Lipinski definition) is 4. The van der Waals surface area contributed by atoms with E-state index < -0.39 is 0 Å². The summed E-state index contributed by atoms with van der Waals surface area (Å²) < 4.78 is 7.91. The van der Waals surface area contributed by atoms with Gasteiger partial charge < -0.3 is 14.2 Å². The van der Waals surface area contributed by atoms with Gasteiger partial charge in [0, 0.05) is 30.1 Å². The van der Waals surface area contributed by atoms with Crippen molar-refractivity contribution < 1.29 is 9.53 Å². The molecular formula is C22H24N2O2S2. The zero-order chi connectivity index (χ0) is 19.5. The van der Waals surface area contributed by atoms with Crippen LogP contribution in [0.5, 0.6) is 5.75 Å². The topological polar surface area (TPSA) is 34.5 Å². The minimum atomic E-state index is 0.0842. The largest absolute Gasteiger partial charge is 0.492 e. The monoisotopic (exact) mass is 412 g/mol. The number of benzene rings is 1. The highest BCUT2D eigenvalue weighted by atomic mass is 32.2. The molecule has 3 aromatic rings. The van der Waals surface area contributed by atoms with Crippen LogP contribution in [0.3, 0.4) is 0 Å². The van der Waals surface area contributed by atoms with Crippen LogP contribution in [0.25, 0.3) is 5.00 Å². The number of carbonyl (C=O) groups excluding carboxylic acids is 1. The highest BCUT2D eigenvalue weighted by Gasteiger charge is 2.28. The SMILES string of the molecule is Cc1cccc(OCCN(C)C(=O)c2c(-n3cccc3)sc3c2CCSC3)c1. The predicted octanol–water partition coefficient (Wildman–Crippen LogP) is 4.79. The number of thioether (sulfide) groups is 1. The maximum atomic E-state index is 13.3. The Kier molecular flexibility index (Phi) is 5.78. The van der Waals surface area contributed by atoms with Crippen molar-refractivity contribution in [2.45, 2.75) is 19.1 Å². The van der Waals surface area contributed by atoms with Crippen LogP contribution < -0.4 is 4.74 Å². The van der Waals surface area contributed by atoms with Gasteiger partial charge in [-0.15, -0.1) is 11.3 Å². The first-order valence-electron chi connectivity index (χ1n) is 9.44. The Bertz CT molecular complexity index is 963. The van der Waals surface area contributed by atoms with Crippen LogP contribution in [0.2, 0.25) is 0 Å². The summed E-state index contributed by atoms with van der Waals surface area (Å²) in [5, 5.41) is 1.04. The molecule has 1 aromatic carbocycles. The van der Waals surface area contributed by atoms with Crippen LogP contribution in [0, 0.1) is 6.92 Å². The number of aryl methyl sites for hydroxylation is 1. The Labute approximate surface area is 174 Å². The van der Waals surface area contributed by atoms with E-state index in [0.29, 0.717) is 13.2 Å². The lowest BCUT2D eigenvalue weighted by Crippen LogP contribution is -2.32. The Morgan fingerprint density at radius 3 is 2.86 bits per heavy atom.